The minimum Gasteiger partial charge on any atom is -0.497 e. The predicted molar refractivity (Wildman–Crippen MR) is 90.3 cm³/mol. The third-order valence-corrected chi connectivity index (χ3v) is 4.82. The molecule has 3 aromatic rings. The fraction of sp³-hybridized carbons (Fsp3) is 0.118. The zero-order valence-electron chi connectivity index (χ0n) is 12.8. The van der Waals surface area contributed by atoms with Gasteiger partial charge >= 0.3 is 0 Å². The molecular formula is C17H16N2O3S. The summed E-state index contributed by atoms with van der Waals surface area (Å²) >= 11 is 0. The molecule has 0 atom stereocenters. The molecule has 0 fully saturated rings. The van der Waals surface area contributed by atoms with E-state index in [1.807, 2.05) is 25.1 Å². The second-order valence-corrected chi connectivity index (χ2v) is 6.80. The number of ether oxygens (including phenoxy) is 1. The van der Waals surface area contributed by atoms with Crippen LogP contribution in [0, 0.1) is 6.92 Å². The Labute approximate surface area is 135 Å². The predicted octanol–water partition coefficient (Wildman–Crippen LogP) is 3.35. The monoisotopic (exact) mass is 328 g/mol. The molecule has 0 aliphatic carbocycles. The third kappa shape index (κ3) is 3.12. The molecule has 0 spiro atoms. The average molecular weight is 328 g/mol. The van der Waals surface area contributed by atoms with Gasteiger partial charge in [-0.25, -0.2) is 8.42 Å². The van der Waals surface area contributed by atoms with Crippen molar-refractivity contribution >= 4 is 26.6 Å². The smallest absolute Gasteiger partial charge is 0.262 e. The van der Waals surface area contributed by atoms with Gasteiger partial charge in [0.25, 0.3) is 10.0 Å². The van der Waals surface area contributed by atoms with Crippen molar-refractivity contribution in [2.24, 2.45) is 0 Å². The van der Waals surface area contributed by atoms with Gasteiger partial charge in [0.2, 0.25) is 0 Å². The van der Waals surface area contributed by atoms with Gasteiger partial charge in [-0.1, -0.05) is 24.3 Å². The molecule has 2 aromatic carbocycles. The van der Waals surface area contributed by atoms with Gasteiger partial charge in [-0.2, -0.15) is 0 Å². The molecule has 0 saturated heterocycles. The quantitative estimate of drug-likeness (QED) is 0.797. The van der Waals surface area contributed by atoms with E-state index in [-0.39, 0.29) is 4.90 Å². The van der Waals surface area contributed by atoms with Crippen molar-refractivity contribution in [3.8, 4) is 5.75 Å². The Morgan fingerprint density at radius 2 is 1.83 bits per heavy atom. The lowest BCUT2D eigenvalue weighted by Crippen LogP contribution is -2.13. The van der Waals surface area contributed by atoms with E-state index in [2.05, 4.69) is 9.71 Å². The Balaban J connectivity index is 2.05. The van der Waals surface area contributed by atoms with Gasteiger partial charge < -0.3 is 4.74 Å². The molecule has 1 N–H and O–H groups in total. The molecule has 0 unspecified atom stereocenters. The number of nitrogens with zero attached hydrogens (tertiary/aromatic N) is 1. The van der Waals surface area contributed by atoms with E-state index >= 15 is 0 Å². The number of rotatable bonds is 4. The molecular weight excluding hydrogens is 312 g/mol. The molecule has 1 heterocycles. The van der Waals surface area contributed by atoms with Crippen LogP contribution in [0.2, 0.25) is 0 Å². The highest BCUT2D eigenvalue weighted by Crippen LogP contribution is 2.25. The largest absolute Gasteiger partial charge is 0.497 e. The highest BCUT2D eigenvalue weighted by atomic mass is 32.2. The number of nitrogens with one attached hydrogen (secondary N) is 1. The second kappa shape index (κ2) is 5.89. The number of fused-ring (bicyclic) bond motifs is 1. The first-order chi connectivity index (χ1) is 11.0. The van der Waals surface area contributed by atoms with E-state index in [0.717, 1.165) is 11.1 Å². The van der Waals surface area contributed by atoms with Crippen LogP contribution in [-0.4, -0.2) is 20.5 Å². The maximum Gasteiger partial charge on any atom is 0.262 e. The molecule has 23 heavy (non-hydrogen) atoms. The van der Waals surface area contributed by atoms with Gasteiger partial charge in [-0.15, -0.1) is 0 Å². The van der Waals surface area contributed by atoms with Crippen LogP contribution in [-0.2, 0) is 10.0 Å². The van der Waals surface area contributed by atoms with Crippen molar-refractivity contribution in [2.45, 2.75) is 11.8 Å². The van der Waals surface area contributed by atoms with Gasteiger partial charge in [0.15, 0.2) is 0 Å². The van der Waals surface area contributed by atoms with E-state index in [1.165, 1.54) is 19.2 Å². The van der Waals surface area contributed by atoms with Gasteiger partial charge in [-0.3, -0.25) is 9.71 Å². The van der Waals surface area contributed by atoms with Crippen LogP contribution in [0.15, 0.2) is 59.5 Å². The molecule has 118 valence electrons. The zero-order valence-corrected chi connectivity index (χ0v) is 13.6. The van der Waals surface area contributed by atoms with E-state index in [0.29, 0.717) is 17.0 Å². The number of aromatic nitrogens is 1. The number of hydrogen-bond donors (Lipinski definition) is 1. The maximum atomic E-state index is 12.6. The van der Waals surface area contributed by atoms with E-state index in [4.69, 9.17) is 4.74 Å². The van der Waals surface area contributed by atoms with Gasteiger partial charge in [0.1, 0.15) is 5.75 Å². The number of sulfonamides is 1. The van der Waals surface area contributed by atoms with Crippen LogP contribution in [0.1, 0.15) is 5.69 Å². The normalized spacial score (nSPS) is 11.4. The van der Waals surface area contributed by atoms with E-state index < -0.39 is 10.0 Å². The molecule has 3 rings (SSSR count). The Hall–Kier alpha value is -2.60. The number of para-hydroxylation sites is 1. The standard InChI is InChI=1S/C17H16N2O3S/c1-12-9-10-13-5-3-8-16(17(13)18-12)19-23(20,21)15-7-4-6-14(11-15)22-2/h3-11,19H,1-2H3. The van der Waals surface area contributed by atoms with Crippen molar-refractivity contribution in [2.75, 3.05) is 11.8 Å². The maximum absolute atomic E-state index is 12.6. The SMILES string of the molecule is COc1cccc(S(=O)(=O)Nc2cccc3ccc(C)nc23)c1. The first-order valence-electron chi connectivity index (χ1n) is 7.03. The second-order valence-electron chi connectivity index (χ2n) is 5.11. The lowest BCUT2D eigenvalue weighted by Gasteiger charge is -2.11. The van der Waals surface area contributed by atoms with E-state index in [9.17, 15) is 8.42 Å². The van der Waals surface area contributed by atoms with Gasteiger partial charge in [0.05, 0.1) is 23.2 Å². The van der Waals surface area contributed by atoms with Crippen LogP contribution >= 0.6 is 0 Å². The third-order valence-electron chi connectivity index (χ3n) is 3.46. The Kier molecular flexibility index (Phi) is 3.92. The van der Waals surface area contributed by atoms with Crippen LogP contribution in [0.5, 0.6) is 5.75 Å². The molecule has 0 aliphatic rings. The molecule has 0 bridgehead atoms. The summed E-state index contributed by atoms with van der Waals surface area (Å²) in [6, 6.07) is 15.5. The number of anilines is 1. The van der Waals surface area contributed by atoms with Crippen LogP contribution in [0.4, 0.5) is 5.69 Å². The molecule has 0 amide bonds. The Bertz CT molecular complexity index is 968. The number of pyridine rings is 1. The van der Waals surface area contributed by atoms with E-state index in [1.54, 1.807) is 24.3 Å². The summed E-state index contributed by atoms with van der Waals surface area (Å²) in [7, 11) is -2.22. The van der Waals surface area contributed by atoms with Crippen LogP contribution < -0.4 is 9.46 Å². The fourth-order valence-electron chi connectivity index (χ4n) is 2.30. The van der Waals surface area contributed by atoms with Gasteiger partial charge in [0, 0.05) is 17.1 Å². The summed E-state index contributed by atoms with van der Waals surface area (Å²) in [4.78, 5) is 4.58. The summed E-state index contributed by atoms with van der Waals surface area (Å²) < 4.78 is 32.9. The fourth-order valence-corrected chi connectivity index (χ4v) is 3.40. The van der Waals surface area contributed by atoms with Crippen molar-refractivity contribution in [1.82, 2.24) is 4.98 Å². The summed E-state index contributed by atoms with van der Waals surface area (Å²) in [6.45, 7) is 1.87. The number of aryl methyl sites for hydroxylation is 1. The lowest BCUT2D eigenvalue weighted by molar-refractivity contribution is 0.413. The van der Waals surface area contributed by atoms with Gasteiger partial charge in [-0.05, 0) is 31.2 Å². The first-order valence-corrected chi connectivity index (χ1v) is 8.51. The van der Waals surface area contributed by atoms with Crippen LogP contribution in [0.25, 0.3) is 10.9 Å². The van der Waals surface area contributed by atoms with Crippen LogP contribution in [0.3, 0.4) is 0 Å². The molecule has 1 aromatic heterocycles. The minimum absolute atomic E-state index is 0.140. The highest BCUT2D eigenvalue weighted by molar-refractivity contribution is 7.92. The molecule has 0 radical (unpaired) electrons. The van der Waals surface area contributed by atoms with Crippen molar-refractivity contribution in [3.05, 3.63) is 60.3 Å². The first kappa shape index (κ1) is 15.3. The average Bonchev–Trinajstić information content (AvgIpc) is 2.55. The number of benzene rings is 2. The summed E-state index contributed by atoms with van der Waals surface area (Å²) in [5.74, 6) is 0.486. The van der Waals surface area contributed by atoms with Crippen molar-refractivity contribution < 1.29 is 13.2 Å². The van der Waals surface area contributed by atoms with Crippen molar-refractivity contribution in [1.29, 1.82) is 0 Å². The molecule has 0 aliphatic heterocycles. The Morgan fingerprint density at radius 3 is 2.61 bits per heavy atom. The highest BCUT2D eigenvalue weighted by Gasteiger charge is 2.16. The summed E-state index contributed by atoms with van der Waals surface area (Å²) in [5.41, 5.74) is 1.90. The van der Waals surface area contributed by atoms with Crippen molar-refractivity contribution in [3.63, 3.8) is 0 Å². The zero-order chi connectivity index (χ0) is 16.4. The topological polar surface area (TPSA) is 68.3 Å². The minimum atomic E-state index is -3.72. The number of methoxy groups -OCH3 is 1. The molecule has 0 saturated carbocycles. The number of hydrogen-bond acceptors (Lipinski definition) is 4. The summed E-state index contributed by atoms with van der Waals surface area (Å²) in [5, 5.41) is 0.876. The molecule has 6 heteroatoms. The Morgan fingerprint density at radius 1 is 1.04 bits per heavy atom. The molecule has 5 nitrogen and oxygen atoms in total. The summed E-state index contributed by atoms with van der Waals surface area (Å²) in [6.07, 6.45) is 0. The lowest BCUT2D eigenvalue weighted by atomic mass is 10.2.